The lowest BCUT2D eigenvalue weighted by Crippen LogP contribution is -2.32. The molecular formula is C27H33NO7. The molecule has 2 aromatic rings. The second kappa shape index (κ2) is 12.3. The van der Waals surface area contributed by atoms with Crippen LogP contribution in [0.15, 0.2) is 48.0 Å². The summed E-state index contributed by atoms with van der Waals surface area (Å²) in [7, 11) is 4.58. The maximum absolute atomic E-state index is 13.1. The molecule has 3 rings (SSSR count). The standard InChI is InChI=1S/C27H33NO7/c1-5-6-7-14-35-21-12-11-18(17-22(21)34-4)24-23(26(30)27(31)28(24)13-15-32-2)25(29)19-9-8-10-20(16-19)33-3/h8-12,16-17,24,29H,5-7,13-15H2,1-4H3/b25-23+. The van der Waals surface area contributed by atoms with Crippen molar-refractivity contribution in [1.82, 2.24) is 4.90 Å². The van der Waals surface area contributed by atoms with Crippen LogP contribution in [0.5, 0.6) is 17.2 Å². The molecule has 8 nitrogen and oxygen atoms in total. The quantitative estimate of drug-likeness (QED) is 0.208. The number of methoxy groups -OCH3 is 3. The minimum atomic E-state index is -0.820. The van der Waals surface area contributed by atoms with Crippen molar-refractivity contribution < 1.29 is 33.6 Å². The van der Waals surface area contributed by atoms with Gasteiger partial charge in [0.25, 0.3) is 11.7 Å². The molecule has 0 bridgehead atoms. The molecule has 1 amide bonds. The summed E-state index contributed by atoms with van der Waals surface area (Å²) in [6.45, 7) is 3.10. The van der Waals surface area contributed by atoms with Gasteiger partial charge in [0, 0.05) is 19.2 Å². The summed E-state index contributed by atoms with van der Waals surface area (Å²) in [6, 6.07) is 11.2. The fourth-order valence-electron chi connectivity index (χ4n) is 4.08. The molecular weight excluding hydrogens is 450 g/mol. The predicted octanol–water partition coefficient (Wildman–Crippen LogP) is 4.34. The third-order valence-electron chi connectivity index (χ3n) is 5.93. The molecule has 8 heteroatoms. The summed E-state index contributed by atoms with van der Waals surface area (Å²) >= 11 is 0. The van der Waals surface area contributed by atoms with Crippen molar-refractivity contribution in [2.45, 2.75) is 32.2 Å². The van der Waals surface area contributed by atoms with Crippen LogP contribution in [-0.2, 0) is 14.3 Å². The Bertz CT molecular complexity index is 1080. The number of Topliss-reactive ketones (excluding diaryl/α,β-unsaturated/α-hetero) is 1. The van der Waals surface area contributed by atoms with Crippen LogP contribution in [0.2, 0.25) is 0 Å². The number of benzene rings is 2. The third-order valence-corrected chi connectivity index (χ3v) is 5.93. The molecule has 1 atom stereocenters. The van der Waals surface area contributed by atoms with Gasteiger partial charge in [-0.05, 0) is 36.2 Å². The van der Waals surface area contributed by atoms with Gasteiger partial charge in [-0.3, -0.25) is 9.59 Å². The SMILES string of the molecule is CCCCCOc1ccc(C2/C(=C(\O)c3cccc(OC)c3)C(=O)C(=O)N2CCOC)cc1OC. The first-order valence-corrected chi connectivity index (χ1v) is 11.7. The zero-order valence-corrected chi connectivity index (χ0v) is 20.7. The molecule has 1 aliphatic rings. The molecule has 0 spiro atoms. The van der Waals surface area contributed by atoms with Gasteiger partial charge >= 0.3 is 0 Å². The van der Waals surface area contributed by atoms with Crippen LogP contribution in [0, 0.1) is 0 Å². The average Bonchev–Trinajstić information content (AvgIpc) is 3.14. The van der Waals surface area contributed by atoms with Crippen LogP contribution in [0.4, 0.5) is 0 Å². The summed E-state index contributed by atoms with van der Waals surface area (Å²) in [5, 5.41) is 11.2. The molecule has 1 unspecified atom stereocenters. The maximum atomic E-state index is 13.1. The highest BCUT2D eigenvalue weighted by Gasteiger charge is 2.46. The van der Waals surface area contributed by atoms with E-state index in [9.17, 15) is 14.7 Å². The highest BCUT2D eigenvalue weighted by atomic mass is 16.5. The van der Waals surface area contributed by atoms with Gasteiger partial charge in [0.2, 0.25) is 0 Å². The van der Waals surface area contributed by atoms with Crippen molar-refractivity contribution >= 4 is 17.4 Å². The number of likely N-dealkylation sites (tertiary alicyclic amines) is 1. The lowest BCUT2D eigenvalue weighted by atomic mass is 9.95. The Labute approximate surface area is 206 Å². The Morgan fingerprint density at radius 3 is 2.46 bits per heavy atom. The fourth-order valence-corrected chi connectivity index (χ4v) is 4.08. The smallest absolute Gasteiger partial charge is 0.295 e. The van der Waals surface area contributed by atoms with Gasteiger partial charge in [0.1, 0.15) is 11.5 Å². The first-order valence-electron chi connectivity index (χ1n) is 11.7. The lowest BCUT2D eigenvalue weighted by molar-refractivity contribution is -0.140. The van der Waals surface area contributed by atoms with Gasteiger partial charge in [-0.15, -0.1) is 0 Å². The normalized spacial score (nSPS) is 17.0. The van der Waals surface area contributed by atoms with E-state index in [0.717, 1.165) is 19.3 Å². The third kappa shape index (κ3) is 5.77. The van der Waals surface area contributed by atoms with E-state index in [-0.39, 0.29) is 24.5 Å². The van der Waals surface area contributed by atoms with Gasteiger partial charge in [-0.2, -0.15) is 0 Å². The molecule has 0 saturated carbocycles. The van der Waals surface area contributed by atoms with E-state index in [4.69, 9.17) is 18.9 Å². The van der Waals surface area contributed by atoms with Gasteiger partial charge in [0.05, 0.1) is 39.0 Å². The number of amides is 1. The lowest BCUT2D eigenvalue weighted by Gasteiger charge is -2.25. The number of aliphatic hydroxyl groups is 1. The number of ether oxygens (including phenoxy) is 4. The Morgan fingerprint density at radius 2 is 1.77 bits per heavy atom. The highest BCUT2D eigenvalue weighted by Crippen LogP contribution is 2.42. The summed E-state index contributed by atoms with van der Waals surface area (Å²) in [5.74, 6) is -0.149. The van der Waals surface area contributed by atoms with Crippen molar-refractivity contribution in [2.75, 3.05) is 41.1 Å². The number of aliphatic hydroxyl groups excluding tert-OH is 1. The summed E-state index contributed by atoms with van der Waals surface area (Å²) < 4.78 is 21.8. The van der Waals surface area contributed by atoms with Crippen LogP contribution < -0.4 is 14.2 Å². The minimum Gasteiger partial charge on any atom is -0.507 e. The summed E-state index contributed by atoms with van der Waals surface area (Å²) in [6.07, 6.45) is 3.09. The number of ketones is 1. The second-order valence-corrected chi connectivity index (χ2v) is 8.18. The Morgan fingerprint density at radius 1 is 0.971 bits per heavy atom. The topological polar surface area (TPSA) is 94.5 Å². The summed E-state index contributed by atoms with van der Waals surface area (Å²) in [4.78, 5) is 27.5. The Balaban J connectivity index is 2.07. The molecule has 1 fully saturated rings. The maximum Gasteiger partial charge on any atom is 0.295 e. The monoisotopic (exact) mass is 483 g/mol. The zero-order valence-electron chi connectivity index (χ0n) is 20.7. The van der Waals surface area contributed by atoms with Crippen LogP contribution in [0.3, 0.4) is 0 Å². The van der Waals surface area contributed by atoms with Crippen molar-refractivity contribution in [1.29, 1.82) is 0 Å². The molecule has 1 heterocycles. The summed E-state index contributed by atoms with van der Waals surface area (Å²) in [5.41, 5.74) is 0.988. The van der Waals surface area contributed by atoms with E-state index in [1.165, 1.54) is 26.2 Å². The molecule has 35 heavy (non-hydrogen) atoms. The number of hydrogen-bond donors (Lipinski definition) is 1. The number of carbonyl (C=O) groups excluding carboxylic acids is 2. The van der Waals surface area contributed by atoms with E-state index in [1.807, 2.05) is 0 Å². The van der Waals surface area contributed by atoms with Gasteiger partial charge < -0.3 is 29.0 Å². The Kier molecular flexibility index (Phi) is 9.14. The van der Waals surface area contributed by atoms with E-state index in [2.05, 4.69) is 6.92 Å². The molecule has 0 aromatic heterocycles. The second-order valence-electron chi connectivity index (χ2n) is 8.18. The molecule has 1 N–H and O–H groups in total. The molecule has 1 aliphatic heterocycles. The predicted molar refractivity (Wildman–Crippen MR) is 132 cm³/mol. The van der Waals surface area contributed by atoms with E-state index in [1.54, 1.807) is 42.5 Å². The number of rotatable bonds is 12. The highest BCUT2D eigenvalue weighted by molar-refractivity contribution is 6.46. The largest absolute Gasteiger partial charge is 0.507 e. The van der Waals surface area contributed by atoms with E-state index >= 15 is 0 Å². The molecule has 0 radical (unpaired) electrons. The number of unbranched alkanes of at least 4 members (excludes halogenated alkanes) is 2. The van der Waals surface area contributed by atoms with Gasteiger partial charge in [0.15, 0.2) is 11.5 Å². The Hall–Kier alpha value is -3.52. The average molecular weight is 484 g/mol. The van der Waals surface area contributed by atoms with Crippen LogP contribution in [0.1, 0.15) is 43.4 Å². The van der Waals surface area contributed by atoms with Gasteiger partial charge in [-0.25, -0.2) is 0 Å². The van der Waals surface area contributed by atoms with E-state index in [0.29, 0.717) is 35.0 Å². The zero-order chi connectivity index (χ0) is 25.4. The number of hydrogen-bond acceptors (Lipinski definition) is 7. The fraction of sp³-hybridized carbons (Fsp3) is 0.407. The van der Waals surface area contributed by atoms with Gasteiger partial charge in [-0.1, -0.05) is 38.0 Å². The number of carbonyl (C=O) groups is 2. The minimum absolute atomic E-state index is 0.00183. The molecule has 188 valence electrons. The number of nitrogens with zero attached hydrogens (tertiary/aromatic N) is 1. The van der Waals surface area contributed by atoms with E-state index < -0.39 is 17.7 Å². The van der Waals surface area contributed by atoms with Crippen molar-refractivity contribution in [3.63, 3.8) is 0 Å². The van der Waals surface area contributed by atoms with Crippen LogP contribution in [0.25, 0.3) is 5.76 Å². The van der Waals surface area contributed by atoms with Crippen LogP contribution >= 0.6 is 0 Å². The van der Waals surface area contributed by atoms with Crippen molar-refractivity contribution in [2.24, 2.45) is 0 Å². The van der Waals surface area contributed by atoms with Crippen molar-refractivity contribution in [3.8, 4) is 17.2 Å². The molecule has 1 saturated heterocycles. The first kappa shape index (κ1) is 26.1. The molecule has 0 aliphatic carbocycles. The van der Waals surface area contributed by atoms with Crippen molar-refractivity contribution in [3.05, 3.63) is 59.2 Å². The molecule has 2 aromatic carbocycles. The first-order chi connectivity index (χ1) is 17.0. The van der Waals surface area contributed by atoms with Crippen LogP contribution in [-0.4, -0.2) is 62.8 Å².